The predicted molar refractivity (Wildman–Crippen MR) is 89.9 cm³/mol. The molecule has 0 saturated carbocycles. The molecule has 0 amide bonds. The van der Waals surface area contributed by atoms with Crippen LogP contribution in [0.1, 0.15) is 47.6 Å². The molecule has 0 aliphatic carbocycles. The zero-order valence-corrected chi connectivity index (χ0v) is 12.2. The van der Waals surface area contributed by atoms with Crippen molar-refractivity contribution in [3.8, 4) is 0 Å². The molecule has 0 atom stereocenters. The van der Waals surface area contributed by atoms with E-state index in [0.29, 0.717) is 0 Å². The molecule has 0 nitrogen and oxygen atoms in total. The molecule has 104 valence electrons. The summed E-state index contributed by atoms with van der Waals surface area (Å²) >= 11 is 0. The van der Waals surface area contributed by atoms with E-state index in [-0.39, 0.29) is 12.8 Å². The zero-order valence-electron chi connectivity index (χ0n) is 12.2. The van der Waals surface area contributed by atoms with Gasteiger partial charge in [-0.05, 0) is 23.3 Å². The first-order valence-corrected chi connectivity index (χ1v) is 6.67. The quantitative estimate of drug-likeness (QED) is 0.549. The van der Waals surface area contributed by atoms with Crippen LogP contribution in [0.4, 0.5) is 0 Å². The maximum absolute atomic E-state index is 4.08. The van der Waals surface area contributed by atoms with Gasteiger partial charge in [0.15, 0.2) is 0 Å². The lowest BCUT2D eigenvalue weighted by Gasteiger charge is -2.26. The van der Waals surface area contributed by atoms with Gasteiger partial charge in [0, 0.05) is 5.41 Å². The molecule has 0 bridgehead atoms. The summed E-state index contributed by atoms with van der Waals surface area (Å²) in [7, 11) is 0. The van der Waals surface area contributed by atoms with Crippen LogP contribution in [0, 0.1) is 0 Å². The van der Waals surface area contributed by atoms with Crippen LogP contribution in [0.3, 0.4) is 0 Å². The molecule has 19 heavy (non-hydrogen) atoms. The Morgan fingerprint density at radius 2 is 1.47 bits per heavy atom. The van der Waals surface area contributed by atoms with Crippen molar-refractivity contribution in [1.82, 2.24) is 0 Å². The molecule has 0 spiro atoms. The molecule has 0 radical (unpaired) electrons. The van der Waals surface area contributed by atoms with Crippen molar-refractivity contribution in [2.24, 2.45) is 0 Å². The normalized spacial score (nSPS) is 10.2. The Balaban J connectivity index is 0.00000103. The number of rotatable bonds is 2. The van der Waals surface area contributed by atoms with Gasteiger partial charge in [-0.25, -0.2) is 0 Å². The molecule has 0 heterocycles. The van der Waals surface area contributed by atoms with Crippen LogP contribution in [-0.4, -0.2) is 0 Å². The molecule has 0 heteroatoms. The summed E-state index contributed by atoms with van der Waals surface area (Å²) < 4.78 is 0. The average Bonchev–Trinajstić information content (AvgIpc) is 2.40. The van der Waals surface area contributed by atoms with Crippen molar-refractivity contribution < 1.29 is 0 Å². The Labute approximate surface area is 119 Å². The Kier molecular flexibility index (Phi) is 6.55. The average molecular weight is 256 g/mol. The lowest BCUT2D eigenvalue weighted by Crippen LogP contribution is -2.17. The standard InChI is InChI=1S/C16H18.C2H6.CH4/c1-12(2)16(3,4)15-10-9-13-7-5-6-8-14(13)11-15;1-2;/h5-11H,1H2,2-4H3;1-2H3;1H4. The minimum atomic E-state index is 0. The minimum Gasteiger partial charge on any atom is -0.0993 e. The fraction of sp³-hybridized carbons (Fsp3) is 0.368. The molecule has 0 aliphatic heterocycles. The third kappa shape index (κ3) is 3.70. The summed E-state index contributed by atoms with van der Waals surface area (Å²) in [6.07, 6.45) is 0. The lowest BCUT2D eigenvalue weighted by atomic mass is 9.78. The van der Waals surface area contributed by atoms with Crippen LogP contribution in [0.5, 0.6) is 0 Å². The predicted octanol–water partition coefficient (Wildman–Crippen LogP) is 6.36. The van der Waals surface area contributed by atoms with E-state index in [1.807, 2.05) is 13.8 Å². The van der Waals surface area contributed by atoms with E-state index >= 15 is 0 Å². The molecule has 0 N–H and O–H groups in total. The summed E-state index contributed by atoms with van der Waals surface area (Å²) in [5.41, 5.74) is 2.57. The Bertz CT molecular complexity index is 532. The van der Waals surface area contributed by atoms with E-state index < -0.39 is 0 Å². The summed E-state index contributed by atoms with van der Waals surface area (Å²) in [6.45, 7) is 14.6. The van der Waals surface area contributed by atoms with Crippen LogP contribution in [-0.2, 0) is 5.41 Å². The van der Waals surface area contributed by atoms with Crippen molar-refractivity contribution in [3.05, 3.63) is 60.2 Å². The van der Waals surface area contributed by atoms with Gasteiger partial charge < -0.3 is 0 Å². The molecule has 0 aromatic heterocycles. The molecule has 2 aromatic rings. The fourth-order valence-electron chi connectivity index (χ4n) is 1.82. The van der Waals surface area contributed by atoms with Gasteiger partial charge in [0.25, 0.3) is 0 Å². The Hall–Kier alpha value is -1.56. The second-order valence-electron chi connectivity index (χ2n) is 4.97. The van der Waals surface area contributed by atoms with Crippen molar-refractivity contribution in [2.45, 2.75) is 47.5 Å². The second-order valence-corrected chi connectivity index (χ2v) is 4.97. The SMILES string of the molecule is C.C=C(C)C(C)(C)c1ccc2ccccc2c1.CC. The third-order valence-corrected chi connectivity index (χ3v) is 3.54. The Morgan fingerprint density at radius 1 is 0.947 bits per heavy atom. The number of fused-ring (bicyclic) bond motifs is 1. The van der Waals surface area contributed by atoms with E-state index in [1.165, 1.54) is 21.9 Å². The zero-order chi connectivity index (χ0) is 13.8. The van der Waals surface area contributed by atoms with E-state index in [4.69, 9.17) is 0 Å². The van der Waals surface area contributed by atoms with Crippen molar-refractivity contribution in [3.63, 3.8) is 0 Å². The molecule has 0 aliphatic rings. The van der Waals surface area contributed by atoms with Crippen LogP contribution < -0.4 is 0 Å². The highest BCUT2D eigenvalue weighted by molar-refractivity contribution is 5.83. The fourth-order valence-corrected chi connectivity index (χ4v) is 1.82. The summed E-state index contributed by atoms with van der Waals surface area (Å²) in [5.74, 6) is 0. The van der Waals surface area contributed by atoms with Crippen molar-refractivity contribution >= 4 is 10.8 Å². The third-order valence-electron chi connectivity index (χ3n) is 3.54. The second kappa shape index (κ2) is 7.13. The van der Waals surface area contributed by atoms with Crippen LogP contribution in [0.25, 0.3) is 10.8 Å². The van der Waals surface area contributed by atoms with E-state index in [9.17, 15) is 0 Å². The highest BCUT2D eigenvalue weighted by Crippen LogP contribution is 2.31. The van der Waals surface area contributed by atoms with Gasteiger partial charge in [-0.1, -0.05) is 89.7 Å². The molecule has 2 rings (SSSR count). The number of hydrogen-bond acceptors (Lipinski definition) is 0. The van der Waals surface area contributed by atoms with Crippen LogP contribution in [0.2, 0.25) is 0 Å². The highest BCUT2D eigenvalue weighted by Gasteiger charge is 2.21. The first-order chi connectivity index (χ1) is 8.51. The van der Waals surface area contributed by atoms with E-state index in [0.717, 1.165) is 0 Å². The topological polar surface area (TPSA) is 0 Å². The summed E-state index contributed by atoms with van der Waals surface area (Å²) in [5, 5.41) is 2.60. The first kappa shape index (κ1) is 17.4. The summed E-state index contributed by atoms with van der Waals surface area (Å²) in [6, 6.07) is 15.1. The smallest absolute Gasteiger partial charge is 0.00998 e. The minimum absolute atomic E-state index is 0. The molecule has 0 saturated heterocycles. The van der Waals surface area contributed by atoms with Crippen LogP contribution >= 0.6 is 0 Å². The van der Waals surface area contributed by atoms with E-state index in [2.05, 4.69) is 69.8 Å². The lowest BCUT2D eigenvalue weighted by molar-refractivity contribution is 0.627. The molecule has 0 unspecified atom stereocenters. The van der Waals surface area contributed by atoms with Gasteiger partial charge in [-0.15, -0.1) is 0 Å². The molecular weight excluding hydrogens is 228 g/mol. The Morgan fingerprint density at radius 3 is 2.00 bits per heavy atom. The van der Waals surface area contributed by atoms with Crippen LogP contribution in [0.15, 0.2) is 54.6 Å². The monoisotopic (exact) mass is 256 g/mol. The van der Waals surface area contributed by atoms with Crippen molar-refractivity contribution in [2.75, 3.05) is 0 Å². The number of hydrogen-bond donors (Lipinski definition) is 0. The van der Waals surface area contributed by atoms with Gasteiger partial charge >= 0.3 is 0 Å². The molecule has 2 aromatic carbocycles. The maximum atomic E-state index is 4.08. The van der Waals surface area contributed by atoms with Gasteiger partial charge in [0.2, 0.25) is 0 Å². The number of benzene rings is 2. The summed E-state index contributed by atoms with van der Waals surface area (Å²) in [4.78, 5) is 0. The van der Waals surface area contributed by atoms with E-state index in [1.54, 1.807) is 0 Å². The molecular formula is C19H28. The highest BCUT2D eigenvalue weighted by atomic mass is 14.2. The van der Waals surface area contributed by atoms with Gasteiger partial charge in [-0.3, -0.25) is 0 Å². The molecule has 0 fully saturated rings. The van der Waals surface area contributed by atoms with Gasteiger partial charge in [0.1, 0.15) is 0 Å². The maximum Gasteiger partial charge on any atom is 0.00998 e. The largest absolute Gasteiger partial charge is 0.0993 e. The number of allylic oxidation sites excluding steroid dienone is 1. The van der Waals surface area contributed by atoms with Crippen molar-refractivity contribution in [1.29, 1.82) is 0 Å². The first-order valence-electron chi connectivity index (χ1n) is 6.67. The van der Waals surface area contributed by atoms with Gasteiger partial charge in [-0.2, -0.15) is 0 Å². The van der Waals surface area contributed by atoms with Gasteiger partial charge in [0.05, 0.1) is 0 Å².